The third-order valence-corrected chi connectivity index (χ3v) is 4.36. The molecular weight excluding hydrogens is 176 g/mol. The highest BCUT2D eigenvalue weighted by molar-refractivity contribution is 5.05. The number of epoxide rings is 1. The monoisotopic (exact) mass is 196 g/mol. The van der Waals surface area contributed by atoms with E-state index in [1.54, 1.807) is 0 Å². The quantitative estimate of drug-likeness (QED) is 0.646. The molecule has 2 nitrogen and oxygen atoms in total. The van der Waals surface area contributed by atoms with Crippen LogP contribution in [0.25, 0.3) is 0 Å². The maximum absolute atomic E-state index is 5.66. The van der Waals surface area contributed by atoms with Crippen LogP contribution in [-0.2, 0) is 9.47 Å². The number of ether oxygens (including phenoxy) is 2. The Labute approximate surface area is 86.0 Å². The van der Waals surface area contributed by atoms with Crippen molar-refractivity contribution in [1.29, 1.82) is 0 Å². The van der Waals surface area contributed by atoms with Gasteiger partial charge >= 0.3 is 0 Å². The van der Waals surface area contributed by atoms with Crippen LogP contribution in [0.3, 0.4) is 0 Å². The highest BCUT2D eigenvalue weighted by atomic mass is 16.6. The van der Waals surface area contributed by atoms with Crippen molar-refractivity contribution in [3.8, 4) is 0 Å². The van der Waals surface area contributed by atoms with Gasteiger partial charge in [-0.1, -0.05) is 19.8 Å². The number of unbranched alkanes of at least 4 members (excludes halogenated alkanes) is 1. The summed E-state index contributed by atoms with van der Waals surface area (Å²) in [5, 5.41) is 0. The molecule has 0 aromatic carbocycles. The standard InChI is InChI=1S/C12H20O2/c1-2-3-4-9-5-10-11(14-10)6-12(9)7-13-8-12/h9-11H,2-8H2,1H3. The lowest BCUT2D eigenvalue weighted by Gasteiger charge is -2.49. The van der Waals surface area contributed by atoms with E-state index in [1.165, 1.54) is 32.1 Å². The van der Waals surface area contributed by atoms with E-state index in [0.29, 0.717) is 17.6 Å². The van der Waals surface area contributed by atoms with E-state index >= 15 is 0 Å². The maximum atomic E-state index is 5.66. The van der Waals surface area contributed by atoms with E-state index in [1.807, 2.05) is 0 Å². The predicted molar refractivity (Wildman–Crippen MR) is 54.2 cm³/mol. The topological polar surface area (TPSA) is 21.8 Å². The molecule has 1 spiro atoms. The van der Waals surface area contributed by atoms with E-state index in [-0.39, 0.29) is 0 Å². The zero-order valence-electron chi connectivity index (χ0n) is 9.00. The molecule has 0 bridgehead atoms. The van der Waals surface area contributed by atoms with Crippen molar-refractivity contribution >= 4 is 0 Å². The molecule has 2 heteroatoms. The molecule has 14 heavy (non-hydrogen) atoms. The summed E-state index contributed by atoms with van der Waals surface area (Å²) in [7, 11) is 0. The zero-order valence-corrected chi connectivity index (χ0v) is 9.00. The van der Waals surface area contributed by atoms with Crippen LogP contribution in [0.15, 0.2) is 0 Å². The van der Waals surface area contributed by atoms with Gasteiger partial charge < -0.3 is 9.47 Å². The smallest absolute Gasteiger partial charge is 0.0849 e. The van der Waals surface area contributed by atoms with Crippen LogP contribution >= 0.6 is 0 Å². The van der Waals surface area contributed by atoms with Crippen molar-refractivity contribution in [1.82, 2.24) is 0 Å². The highest BCUT2D eigenvalue weighted by Crippen LogP contribution is 2.54. The van der Waals surface area contributed by atoms with Gasteiger partial charge in [0.05, 0.1) is 25.4 Å². The minimum absolute atomic E-state index is 0.535. The molecule has 2 aliphatic heterocycles. The minimum Gasteiger partial charge on any atom is -0.380 e. The third-order valence-electron chi connectivity index (χ3n) is 4.36. The molecule has 3 rings (SSSR count). The van der Waals surface area contributed by atoms with Crippen molar-refractivity contribution in [3.05, 3.63) is 0 Å². The average Bonchev–Trinajstić information content (AvgIpc) is 2.87. The number of fused-ring (bicyclic) bond motifs is 1. The lowest BCUT2D eigenvalue weighted by Crippen LogP contribution is -2.51. The number of hydrogen-bond donors (Lipinski definition) is 0. The minimum atomic E-state index is 0.535. The van der Waals surface area contributed by atoms with E-state index in [4.69, 9.17) is 9.47 Å². The van der Waals surface area contributed by atoms with E-state index in [2.05, 4.69) is 6.92 Å². The summed E-state index contributed by atoms with van der Waals surface area (Å²) in [5.74, 6) is 0.889. The second-order valence-corrected chi connectivity index (χ2v) is 5.35. The Morgan fingerprint density at radius 2 is 2.14 bits per heavy atom. The Morgan fingerprint density at radius 3 is 2.79 bits per heavy atom. The Morgan fingerprint density at radius 1 is 1.29 bits per heavy atom. The Balaban J connectivity index is 1.66. The van der Waals surface area contributed by atoms with Crippen LogP contribution in [0.5, 0.6) is 0 Å². The normalized spacial score (nSPS) is 43.1. The fourth-order valence-electron chi connectivity index (χ4n) is 3.26. The Kier molecular flexibility index (Phi) is 2.10. The molecule has 80 valence electrons. The average molecular weight is 196 g/mol. The summed E-state index contributed by atoms with van der Waals surface area (Å²) in [6, 6.07) is 0. The van der Waals surface area contributed by atoms with E-state index in [9.17, 15) is 0 Å². The molecular formula is C12H20O2. The molecule has 0 amide bonds. The summed E-state index contributed by atoms with van der Waals surface area (Å²) in [6.45, 7) is 4.30. The molecule has 1 saturated carbocycles. The van der Waals surface area contributed by atoms with Gasteiger partial charge in [0, 0.05) is 5.41 Å². The fraction of sp³-hybridized carbons (Fsp3) is 1.00. The summed E-state index contributed by atoms with van der Waals surface area (Å²) in [4.78, 5) is 0. The molecule has 0 N–H and O–H groups in total. The molecule has 0 aromatic heterocycles. The summed E-state index contributed by atoms with van der Waals surface area (Å²) < 4.78 is 11.1. The van der Waals surface area contributed by atoms with Crippen molar-refractivity contribution in [3.63, 3.8) is 0 Å². The zero-order chi connectivity index (χ0) is 9.60. The van der Waals surface area contributed by atoms with Gasteiger partial charge in [-0.05, 0) is 25.2 Å². The third kappa shape index (κ3) is 1.31. The van der Waals surface area contributed by atoms with Crippen LogP contribution in [0.4, 0.5) is 0 Å². The molecule has 3 unspecified atom stereocenters. The molecule has 2 heterocycles. The van der Waals surface area contributed by atoms with E-state index < -0.39 is 0 Å². The molecule has 0 radical (unpaired) electrons. The predicted octanol–water partition coefficient (Wildman–Crippen LogP) is 2.37. The first-order valence-electron chi connectivity index (χ1n) is 6.07. The number of hydrogen-bond acceptors (Lipinski definition) is 2. The molecule has 0 aromatic rings. The van der Waals surface area contributed by atoms with Crippen molar-refractivity contribution in [2.75, 3.05) is 13.2 Å². The van der Waals surface area contributed by atoms with E-state index in [0.717, 1.165) is 19.1 Å². The van der Waals surface area contributed by atoms with Gasteiger partial charge in [-0.15, -0.1) is 0 Å². The van der Waals surface area contributed by atoms with Gasteiger partial charge in [0.2, 0.25) is 0 Å². The highest BCUT2D eigenvalue weighted by Gasteiger charge is 2.58. The fourth-order valence-corrected chi connectivity index (χ4v) is 3.26. The summed E-state index contributed by atoms with van der Waals surface area (Å²) in [5.41, 5.74) is 0.535. The van der Waals surface area contributed by atoms with Gasteiger partial charge in [-0.3, -0.25) is 0 Å². The Bertz CT molecular complexity index is 222. The second kappa shape index (κ2) is 3.21. The van der Waals surface area contributed by atoms with Crippen LogP contribution in [0.1, 0.15) is 39.0 Å². The molecule has 1 aliphatic carbocycles. The summed E-state index contributed by atoms with van der Waals surface area (Å²) in [6.07, 6.45) is 7.93. The maximum Gasteiger partial charge on any atom is 0.0849 e. The first kappa shape index (κ1) is 9.17. The van der Waals surface area contributed by atoms with Crippen LogP contribution in [-0.4, -0.2) is 25.4 Å². The SMILES string of the molecule is CCCCC1CC2OC2CC12COC2. The molecule has 2 saturated heterocycles. The first-order chi connectivity index (χ1) is 6.84. The molecule has 3 aliphatic rings. The Hall–Kier alpha value is -0.0800. The van der Waals surface area contributed by atoms with Crippen molar-refractivity contribution in [2.24, 2.45) is 11.3 Å². The largest absolute Gasteiger partial charge is 0.380 e. The molecule has 3 atom stereocenters. The molecule has 3 fully saturated rings. The lowest BCUT2D eigenvalue weighted by atomic mass is 9.63. The van der Waals surface area contributed by atoms with Gasteiger partial charge in [-0.25, -0.2) is 0 Å². The van der Waals surface area contributed by atoms with Gasteiger partial charge in [0.15, 0.2) is 0 Å². The van der Waals surface area contributed by atoms with Gasteiger partial charge in [0.25, 0.3) is 0 Å². The lowest BCUT2D eigenvalue weighted by molar-refractivity contribution is -0.159. The second-order valence-electron chi connectivity index (χ2n) is 5.35. The van der Waals surface area contributed by atoms with Crippen molar-refractivity contribution < 1.29 is 9.47 Å². The summed E-state index contributed by atoms with van der Waals surface area (Å²) >= 11 is 0. The van der Waals surface area contributed by atoms with Crippen molar-refractivity contribution in [2.45, 2.75) is 51.2 Å². The van der Waals surface area contributed by atoms with Gasteiger partial charge in [0.1, 0.15) is 0 Å². The van der Waals surface area contributed by atoms with Crippen LogP contribution in [0.2, 0.25) is 0 Å². The number of rotatable bonds is 3. The van der Waals surface area contributed by atoms with Crippen LogP contribution < -0.4 is 0 Å². The van der Waals surface area contributed by atoms with Crippen LogP contribution in [0, 0.1) is 11.3 Å². The van der Waals surface area contributed by atoms with Gasteiger partial charge in [-0.2, -0.15) is 0 Å². The first-order valence-corrected chi connectivity index (χ1v) is 6.07.